The second-order valence-electron chi connectivity index (χ2n) is 37.1. The molecule has 0 amide bonds. The molecule has 5 aromatic heterocycles. The van der Waals surface area contributed by atoms with Gasteiger partial charge in [0.25, 0.3) is 6.71 Å². The minimum atomic E-state index is -0.578. The molecule has 0 aliphatic carbocycles. The Morgan fingerprint density at radius 3 is 1.24 bits per heavy atom. The molecular formula is C112H90BN5O2. The Labute approximate surface area is 710 Å². The molecule has 7 nitrogen and oxygen atoms in total. The molecule has 2 aliphatic heterocycles. The van der Waals surface area contributed by atoms with Crippen molar-refractivity contribution in [2.24, 2.45) is 0 Å². The summed E-state index contributed by atoms with van der Waals surface area (Å²) >= 11 is 0. The second kappa shape index (κ2) is 25.8. The monoisotopic (exact) mass is 1560 g/mol. The van der Waals surface area contributed by atoms with Gasteiger partial charge in [-0.15, -0.1) is 0 Å². The third-order valence-electron chi connectivity index (χ3n) is 25.7. The second-order valence-corrected chi connectivity index (χ2v) is 37.1. The highest BCUT2D eigenvalue weighted by Crippen LogP contribution is 2.54. The van der Waals surface area contributed by atoms with Crippen LogP contribution >= 0.6 is 0 Å². The van der Waals surface area contributed by atoms with E-state index in [-0.39, 0.29) is 43.5 Å². The van der Waals surface area contributed by atoms with Crippen molar-refractivity contribution < 1.29 is 19.8 Å². The van der Waals surface area contributed by atoms with Gasteiger partial charge in [-0.1, -0.05) is 277 Å². The van der Waals surface area contributed by atoms with E-state index >= 15 is 0 Å². The van der Waals surface area contributed by atoms with Crippen molar-refractivity contribution in [2.45, 2.75) is 105 Å². The molecule has 0 atom stereocenters. The highest BCUT2D eigenvalue weighted by atomic mass is 16.3. The Hall–Kier alpha value is -13.8. The molecule has 0 bridgehead atoms. The number of hydrogen-bond donors (Lipinski definition) is 0. The van der Waals surface area contributed by atoms with E-state index in [4.69, 9.17) is 8.83 Å². The summed E-state index contributed by atoms with van der Waals surface area (Å²) in [5, 5.41) is 8.29. The standard InChI is InChI=1S/C112H90BN5O2/c1-109(2,3)71-43-52-95-85(59-71)86-60-72(110(4,5)6)44-53-96(86)115(95)76-48-49-90-100(63-76)117(94-51-41-69(67-27-15-13-16-28-67)57-84(94)68-29-17-14-18-30-68)102-65-77(116-97-54-45-73(111(7,8)9)61-87(97)88-62-74(112(10,11)12)46-55-98(88)116)66-103-106(102)113(90)91-50-47-75(114-92-37-22-19-31-79(92)80-32-20-23-38-93(80)114)64-101(91)118(103)99-39-26-36-83-82-35-25-34-78(107(82)120-108(83)99)70-42-56-105-89(58-70)81-33-21-24-40-104(81)119-105/h13-66H,1-12H3/i19D,20D,22D,23D,31D,32D,37D,38D. The predicted molar refractivity (Wildman–Crippen MR) is 509 cm³/mol. The molecule has 120 heavy (non-hydrogen) atoms. The molecular weight excluding hydrogens is 1460 g/mol. The zero-order valence-corrected chi connectivity index (χ0v) is 69.2. The van der Waals surface area contributed by atoms with Gasteiger partial charge in [0.2, 0.25) is 0 Å². The Balaban J connectivity index is 0.894. The number of rotatable bonds is 8. The lowest BCUT2D eigenvalue weighted by Gasteiger charge is -2.45. The smallest absolute Gasteiger partial charge is 0.252 e. The van der Waals surface area contributed by atoms with E-state index in [2.05, 4.69) is 351 Å². The fourth-order valence-corrected chi connectivity index (χ4v) is 19.5. The fourth-order valence-electron chi connectivity index (χ4n) is 19.5. The molecule has 0 N–H and O–H groups in total. The van der Waals surface area contributed by atoms with Crippen molar-refractivity contribution in [1.82, 2.24) is 13.7 Å². The number of anilines is 6. The lowest BCUT2D eigenvalue weighted by molar-refractivity contribution is 0.590. The van der Waals surface area contributed by atoms with E-state index in [1.54, 1.807) is 4.57 Å². The van der Waals surface area contributed by atoms with Gasteiger partial charge in [-0.3, -0.25) is 0 Å². The number of aromatic nitrogens is 3. The third-order valence-corrected chi connectivity index (χ3v) is 25.7. The first-order chi connectivity index (χ1) is 61.4. The molecule has 21 aromatic rings. The van der Waals surface area contributed by atoms with Gasteiger partial charge >= 0.3 is 0 Å². The van der Waals surface area contributed by atoms with E-state index in [0.29, 0.717) is 28.2 Å². The largest absolute Gasteiger partial charge is 0.456 e. The van der Waals surface area contributed by atoms with Gasteiger partial charge in [0.15, 0.2) is 5.58 Å². The van der Waals surface area contributed by atoms with Gasteiger partial charge < -0.3 is 32.3 Å². The molecule has 0 saturated heterocycles. The van der Waals surface area contributed by atoms with Crippen LogP contribution in [-0.2, 0) is 21.7 Å². The molecule has 0 spiro atoms. The first-order valence-electron chi connectivity index (χ1n) is 45.7. The summed E-state index contributed by atoms with van der Waals surface area (Å²) in [6.45, 7) is 26.8. The molecule has 0 unspecified atom stereocenters. The van der Waals surface area contributed by atoms with Gasteiger partial charge in [0.05, 0.1) is 61.1 Å². The van der Waals surface area contributed by atoms with Crippen LogP contribution < -0.4 is 26.2 Å². The number of nitrogens with zero attached hydrogens (tertiary/aromatic N) is 5. The normalized spacial score (nSPS) is 14.2. The van der Waals surface area contributed by atoms with Gasteiger partial charge in [-0.05, 0) is 216 Å². The van der Waals surface area contributed by atoms with Crippen LogP contribution in [0.3, 0.4) is 0 Å². The first kappa shape index (κ1) is 63.3. The number of furan rings is 2. The zero-order chi connectivity index (χ0) is 88.3. The maximum atomic E-state index is 9.99. The predicted octanol–water partition coefficient (Wildman–Crippen LogP) is 29.1. The quantitative estimate of drug-likeness (QED) is 0.142. The summed E-state index contributed by atoms with van der Waals surface area (Å²) in [4.78, 5) is 4.89. The topological polar surface area (TPSA) is 47.6 Å². The van der Waals surface area contributed by atoms with Gasteiger partial charge in [0.1, 0.15) is 16.7 Å². The number of para-hydroxylation sites is 5. The van der Waals surface area contributed by atoms with Crippen LogP contribution in [0.25, 0.3) is 160 Å². The van der Waals surface area contributed by atoms with E-state index in [0.717, 1.165) is 160 Å². The lowest BCUT2D eigenvalue weighted by Crippen LogP contribution is -2.61. The van der Waals surface area contributed by atoms with E-state index in [1.807, 2.05) is 30.3 Å². The minimum Gasteiger partial charge on any atom is -0.456 e. The van der Waals surface area contributed by atoms with Crippen LogP contribution in [0, 0.1) is 0 Å². The SMILES string of the molecule is [2H]c1c([2H])c([2H])c2c(c1[2H])c1c([2H])c([2H])c([2H])c([2H])c1n2-c1ccc2c(c1)N(c1cccc3c1oc1c(-c4ccc5oc6ccccc6c5c4)cccc13)c1cc(-n3c4ccc(C(C)(C)C)cc4c4cc(C(C)(C)C)ccc43)cc3c1B2c1ccc(-n2c4ccc(C(C)(C)C)cc4c4cc(C(C)(C)C)ccc42)cc1N3c1ccc(-c2ccccc2)cc1-c1ccccc1. The number of hydrogen-bond acceptors (Lipinski definition) is 4. The summed E-state index contributed by atoms with van der Waals surface area (Å²) in [5.74, 6) is 0. The zero-order valence-electron chi connectivity index (χ0n) is 77.2. The summed E-state index contributed by atoms with van der Waals surface area (Å²) < 4.78 is 97.4. The van der Waals surface area contributed by atoms with Crippen molar-refractivity contribution in [2.75, 3.05) is 9.80 Å². The van der Waals surface area contributed by atoms with Crippen LogP contribution in [0.4, 0.5) is 34.1 Å². The average Bonchev–Trinajstić information content (AvgIpc) is 1.07. The lowest BCUT2D eigenvalue weighted by atomic mass is 9.33. The van der Waals surface area contributed by atoms with Gasteiger partial charge in [-0.2, -0.15) is 0 Å². The summed E-state index contributed by atoms with van der Waals surface area (Å²) in [7, 11) is 0. The summed E-state index contributed by atoms with van der Waals surface area (Å²) in [6.07, 6.45) is 0. The maximum Gasteiger partial charge on any atom is 0.252 e. The fraction of sp³-hybridized carbons (Fsp3) is 0.143. The van der Waals surface area contributed by atoms with Crippen molar-refractivity contribution in [3.05, 3.63) is 350 Å². The maximum absolute atomic E-state index is 9.99. The van der Waals surface area contributed by atoms with Crippen molar-refractivity contribution in [3.8, 4) is 50.4 Å². The molecule has 23 rings (SSSR count). The highest BCUT2D eigenvalue weighted by Gasteiger charge is 2.46. The third kappa shape index (κ3) is 10.9. The molecule has 16 aromatic carbocycles. The molecule has 8 heteroatoms. The first-order valence-corrected chi connectivity index (χ1v) is 41.7. The molecule has 0 fully saturated rings. The molecule has 578 valence electrons. The van der Waals surface area contributed by atoms with Crippen LogP contribution in [0.5, 0.6) is 0 Å². The number of fused-ring (bicyclic) bond motifs is 19. The Bertz CT molecular complexity index is 8220. The van der Waals surface area contributed by atoms with Gasteiger partial charge in [0, 0.05) is 99.1 Å². The average molecular weight is 1560 g/mol. The van der Waals surface area contributed by atoms with E-state index < -0.39 is 55.1 Å². The number of benzene rings is 16. The van der Waals surface area contributed by atoms with Crippen LogP contribution in [-0.4, -0.2) is 20.4 Å². The molecule has 2 aliphatic rings. The highest BCUT2D eigenvalue weighted by molar-refractivity contribution is 7.00. The Kier molecular flexibility index (Phi) is 13.6. The van der Waals surface area contributed by atoms with Gasteiger partial charge in [-0.25, -0.2) is 0 Å². The minimum absolute atomic E-state index is 0.0121. The molecule has 0 radical (unpaired) electrons. The Morgan fingerprint density at radius 1 is 0.258 bits per heavy atom. The van der Waals surface area contributed by atoms with Crippen LogP contribution in [0.2, 0.25) is 0 Å². The summed E-state index contributed by atoms with van der Waals surface area (Å²) in [6, 6.07) is 98.0. The van der Waals surface area contributed by atoms with E-state index in [9.17, 15) is 11.0 Å². The van der Waals surface area contributed by atoms with E-state index in [1.165, 1.54) is 22.3 Å². The van der Waals surface area contributed by atoms with Crippen molar-refractivity contribution in [3.63, 3.8) is 0 Å². The Morgan fingerprint density at radius 2 is 0.700 bits per heavy atom. The van der Waals surface area contributed by atoms with Crippen molar-refractivity contribution >= 4 is 167 Å². The van der Waals surface area contributed by atoms with Crippen LogP contribution in [0.1, 0.15) is 116 Å². The van der Waals surface area contributed by atoms with Crippen molar-refractivity contribution in [1.29, 1.82) is 0 Å². The van der Waals surface area contributed by atoms with Crippen LogP contribution in [0.15, 0.2) is 336 Å². The summed E-state index contributed by atoms with van der Waals surface area (Å²) in [5.41, 5.74) is 27.3. The molecule has 0 saturated carbocycles. The molecule has 7 heterocycles.